The molecule has 0 atom stereocenters. The largest absolute Gasteiger partial charge is 0.309 e. The summed E-state index contributed by atoms with van der Waals surface area (Å²) in [5.74, 6) is 0. The van der Waals surface area contributed by atoms with E-state index in [1.165, 1.54) is 55.6 Å². The highest BCUT2D eigenvalue weighted by Crippen LogP contribution is 2.65. The zero-order chi connectivity index (χ0) is 40.5. The van der Waals surface area contributed by atoms with Crippen LogP contribution in [0.1, 0.15) is 47.2 Å². The van der Waals surface area contributed by atoms with Crippen LogP contribution in [0.3, 0.4) is 0 Å². The Morgan fingerprint density at radius 1 is 0.383 bits per heavy atom. The summed E-state index contributed by atoms with van der Waals surface area (Å²) in [4.78, 5) is 4.58. The van der Waals surface area contributed by atoms with Gasteiger partial charge in [-0.1, -0.05) is 190 Å². The Balaban J connectivity index is 1.27. The minimum Gasteiger partial charge on any atom is -0.309 e. The molecule has 0 saturated heterocycles. The Kier molecular flexibility index (Phi) is 8.38. The van der Waals surface area contributed by atoms with Crippen LogP contribution in [0, 0.1) is 0 Å². The van der Waals surface area contributed by atoms with E-state index in [9.17, 15) is 0 Å². The molecule has 11 rings (SSSR count). The second kappa shape index (κ2) is 13.9. The third-order valence-electron chi connectivity index (χ3n) is 13.1. The predicted molar refractivity (Wildman–Crippen MR) is 249 cm³/mol. The van der Waals surface area contributed by atoms with E-state index in [4.69, 9.17) is 0 Å². The van der Waals surface area contributed by atoms with E-state index in [2.05, 4.69) is 158 Å². The molecule has 0 spiro atoms. The van der Waals surface area contributed by atoms with Crippen LogP contribution in [0.5, 0.6) is 0 Å². The SMILES string of the molecule is CC1(C)c2cc(-c3cccnc3)cc3c2-c2c1cc(P(=O)(c1ccccc1)c1ccccc1)cc2C3(c1ccc(-c2ccccc2)cc1)c1ccc(-c2ccccc2)cc1. The molecule has 0 bridgehead atoms. The maximum atomic E-state index is 16.4. The monoisotopic (exact) mass is 787 g/mol. The van der Waals surface area contributed by atoms with Crippen molar-refractivity contribution in [1.29, 1.82) is 0 Å². The van der Waals surface area contributed by atoms with Crippen LogP contribution in [-0.2, 0) is 15.4 Å². The lowest BCUT2D eigenvalue weighted by Gasteiger charge is -2.37. The highest BCUT2D eigenvalue weighted by molar-refractivity contribution is 7.85. The van der Waals surface area contributed by atoms with Crippen molar-refractivity contribution in [3.8, 4) is 44.5 Å². The minimum atomic E-state index is -3.37. The smallest absolute Gasteiger partial charge is 0.171 e. The maximum absolute atomic E-state index is 16.4. The van der Waals surface area contributed by atoms with Crippen LogP contribution in [0.25, 0.3) is 44.5 Å². The minimum absolute atomic E-state index is 0.374. The molecule has 2 aliphatic rings. The molecule has 286 valence electrons. The van der Waals surface area contributed by atoms with Gasteiger partial charge in [-0.05, 0) is 103 Å². The fourth-order valence-corrected chi connectivity index (χ4v) is 12.9. The quantitative estimate of drug-likeness (QED) is 0.144. The standard InChI is InChI=1S/C57H42NOP/c1-56(2)50-34-44(43-20-15-33-58-38-43)35-52-54(50)55-51(56)36-49(60(59,47-21-11-5-12-22-47)48-23-13-6-14-24-48)37-53(55)57(52,45-29-25-41(26-30-45)39-16-7-3-8-17-39)46-31-27-42(28-32-46)40-18-9-4-10-19-40/h3-38H,1-2H3. The van der Waals surface area contributed by atoms with Crippen LogP contribution in [0.15, 0.2) is 219 Å². The van der Waals surface area contributed by atoms with Gasteiger partial charge in [0.05, 0.1) is 5.41 Å². The Hall–Kier alpha value is -6.86. The fourth-order valence-electron chi connectivity index (χ4n) is 10.2. The second-order valence-electron chi connectivity index (χ2n) is 16.6. The van der Waals surface area contributed by atoms with Crippen LogP contribution in [-0.4, -0.2) is 4.98 Å². The Bertz CT molecular complexity index is 2960. The summed E-state index contributed by atoms with van der Waals surface area (Å²) in [6.45, 7) is 4.68. The summed E-state index contributed by atoms with van der Waals surface area (Å²) in [5.41, 5.74) is 15.6. The first-order chi connectivity index (χ1) is 29.4. The van der Waals surface area contributed by atoms with Gasteiger partial charge in [0.1, 0.15) is 0 Å². The lowest BCUT2D eigenvalue weighted by atomic mass is 9.65. The second-order valence-corrected chi connectivity index (χ2v) is 19.4. The summed E-state index contributed by atoms with van der Waals surface area (Å²) in [7, 11) is -3.37. The maximum Gasteiger partial charge on any atom is 0.171 e. The summed E-state index contributed by atoms with van der Waals surface area (Å²) in [6.07, 6.45) is 3.82. The topological polar surface area (TPSA) is 30.0 Å². The summed E-state index contributed by atoms with van der Waals surface area (Å²) in [5, 5.41) is 2.52. The van der Waals surface area contributed by atoms with E-state index in [0.717, 1.165) is 38.2 Å². The first kappa shape index (κ1) is 36.2. The molecular formula is C57H42NOP. The van der Waals surface area contributed by atoms with E-state index in [1.54, 1.807) is 0 Å². The van der Waals surface area contributed by atoms with Crippen molar-refractivity contribution in [3.63, 3.8) is 0 Å². The number of benzene rings is 8. The molecule has 0 N–H and O–H groups in total. The molecule has 0 aliphatic heterocycles. The van der Waals surface area contributed by atoms with E-state index in [1.807, 2.05) is 79.1 Å². The molecule has 0 fully saturated rings. The molecule has 0 radical (unpaired) electrons. The van der Waals surface area contributed by atoms with Gasteiger partial charge in [-0.15, -0.1) is 0 Å². The Labute approximate surface area is 352 Å². The summed E-state index contributed by atoms with van der Waals surface area (Å²) < 4.78 is 16.4. The number of rotatable bonds is 8. The van der Waals surface area contributed by atoms with Crippen LogP contribution >= 0.6 is 7.14 Å². The van der Waals surface area contributed by atoms with Gasteiger partial charge in [0, 0.05) is 39.3 Å². The number of nitrogens with zero attached hydrogens (tertiary/aromatic N) is 1. The van der Waals surface area contributed by atoms with Gasteiger partial charge in [0.25, 0.3) is 0 Å². The van der Waals surface area contributed by atoms with Gasteiger partial charge in [-0.2, -0.15) is 0 Å². The fraction of sp³-hybridized carbons (Fsp3) is 0.0702. The molecule has 9 aromatic rings. The third kappa shape index (κ3) is 5.34. The number of hydrogen-bond donors (Lipinski definition) is 0. The van der Waals surface area contributed by atoms with Crippen molar-refractivity contribution < 1.29 is 4.57 Å². The van der Waals surface area contributed by atoms with E-state index in [0.29, 0.717) is 0 Å². The van der Waals surface area contributed by atoms with E-state index >= 15 is 4.57 Å². The molecule has 8 aromatic carbocycles. The Morgan fingerprint density at radius 3 is 1.27 bits per heavy atom. The number of pyridine rings is 1. The average Bonchev–Trinajstić information content (AvgIpc) is 3.75. The first-order valence-corrected chi connectivity index (χ1v) is 22.4. The van der Waals surface area contributed by atoms with Gasteiger partial charge < -0.3 is 4.57 Å². The van der Waals surface area contributed by atoms with Crippen molar-refractivity contribution >= 4 is 23.1 Å². The number of hydrogen-bond acceptors (Lipinski definition) is 2. The highest BCUT2D eigenvalue weighted by atomic mass is 31.2. The van der Waals surface area contributed by atoms with E-state index < -0.39 is 12.6 Å². The normalized spacial score (nSPS) is 14.2. The van der Waals surface area contributed by atoms with Crippen molar-refractivity contribution in [2.75, 3.05) is 0 Å². The average molecular weight is 788 g/mol. The molecule has 0 unspecified atom stereocenters. The van der Waals surface area contributed by atoms with Gasteiger partial charge in [-0.25, -0.2) is 0 Å². The van der Waals surface area contributed by atoms with Gasteiger partial charge in [-0.3, -0.25) is 4.98 Å². The van der Waals surface area contributed by atoms with Crippen molar-refractivity contribution in [1.82, 2.24) is 4.98 Å². The molecule has 0 amide bonds. The molecule has 1 aromatic heterocycles. The van der Waals surface area contributed by atoms with Crippen LogP contribution in [0.4, 0.5) is 0 Å². The Morgan fingerprint density at radius 2 is 0.783 bits per heavy atom. The number of aromatic nitrogens is 1. The van der Waals surface area contributed by atoms with Gasteiger partial charge in [0.15, 0.2) is 7.14 Å². The van der Waals surface area contributed by atoms with Crippen molar-refractivity contribution in [3.05, 3.63) is 252 Å². The highest BCUT2D eigenvalue weighted by Gasteiger charge is 2.54. The zero-order valence-electron chi connectivity index (χ0n) is 33.6. The lowest BCUT2D eigenvalue weighted by Crippen LogP contribution is -2.33. The van der Waals surface area contributed by atoms with Crippen molar-refractivity contribution in [2.24, 2.45) is 0 Å². The summed E-state index contributed by atoms with van der Waals surface area (Å²) in [6, 6.07) is 73.4. The van der Waals surface area contributed by atoms with Gasteiger partial charge in [0.2, 0.25) is 0 Å². The summed E-state index contributed by atoms with van der Waals surface area (Å²) >= 11 is 0. The molecule has 2 aliphatic carbocycles. The zero-order valence-corrected chi connectivity index (χ0v) is 34.5. The van der Waals surface area contributed by atoms with Crippen molar-refractivity contribution in [2.45, 2.75) is 24.7 Å². The molecule has 1 heterocycles. The predicted octanol–water partition coefficient (Wildman–Crippen LogP) is 12.7. The van der Waals surface area contributed by atoms with Crippen LogP contribution < -0.4 is 15.9 Å². The lowest BCUT2D eigenvalue weighted by molar-refractivity contribution is 0.592. The molecule has 3 heteroatoms. The molecule has 0 saturated carbocycles. The molecule has 2 nitrogen and oxygen atoms in total. The van der Waals surface area contributed by atoms with E-state index in [-0.39, 0.29) is 5.41 Å². The first-order valence-electron chi connectivity index (χ1n) is 20.7. The molecule has 60 heavy (non-hydrogen) atoms. The van der Waals surface area contributed by atoms with Crippen LogP contribution in [0.2, 0.25) is 0 Å². The van der Waals surface area contributed by atoms with Gasteiger partial charge >= 0.3 is 0 Å². The third-order valence-corrected chi connectivity index (χ3v) is 16.2. The molecular weight excluding hydrogens is 746 g/mol.